The fraction of sp³-hybridized carbons (Fsp3) is 0.583. The van der Waals surface area contributed by atoms with Crippen molar-refractivity contribution in [1.82, 2.24) is 4.90 Å². The Bertz CT molecular complexity index is 421. The summed E-state index contributed by atoms with van der Waals surface area (Å²) in [6.07, 6.45) is 2.78. The number of amidine groups is 1. The van der Waals surface area contributed by atoms with Crippen LogP contribution in [0.25, 0.3) is 0 Å². The Kier molecular flexibility index (Phi) is 5.18. The third-order valence-corrected chi connectivity index (χ3v) is 2.63. The van der Waals surface area contributed by atoms with Crippen molar-refractivity contribution in [2.45, 2.75) is 26.2 Å². The normalized spacial score (nSPS) is 19.2. The maximum absolute atomic E-state index is 11.4. The van der Waals surface area contributed by atoms with Gasteiger partial charge in [-0.05, 0) is 19.8 Å². The van der Waals surface area contributed by atoms with Gasteiger partial charge in [0.15, 0.2) is 5.57 Å². The van der Waals surface area contributed by atoms with Gasteiger partial charge in [-0.15, -0.1) is 0 Å². The molecule has 1 N–H and O–H groups in total. The molecule has 6 nitrogen and oxygen atoms in total. The molecule has 0 aromatic carbocycles. The lowest BCUT2D eigenvalue weighted by Gasteiger charge is -2.25. The zero-order chi connectivity index (χ0) is 13.5. The van der Waals surface area contributed by atoms with E-state index in [4.69, 9.17) is 5.26 Å². The van der Waals surface area contributed by atoms with Gasteiger partial charge in [-0.25, -0.2) is 4.79 Å². The van der Waals surface area contributed by atoms with E-state index >= 15 is 0 Å². The second-order valence-corrected chi connectivity index (χ2v) is 3.94. The Morgan fingerprint density at radius 2 is 2.33 bits per heavy atom. The van der Waals surface area contributed by atoms with E-state index < -0.39 is 17.4 Å². The number of aliphatic hydroxyl groups excluding tert-OH is 1. The van der Waals surface area contributed by atoms with Crippen LogP contribution in [-0.4, -0.2) is 42.0 Å². The number of rotatable bonds is 3. The molecule has 18 heavy (non-hydrogen) atoms. The van der Waals surface area contributed by atoms with Gasteiger partial charge in [-0.2, -0.15) is 10.3 Å². The Labute approximate surface area is 106 Å². The number of aliphatic hydroxyl groups is 1. The number of piperidine rings is 1. The van der Waals surface area contributed by atoms with Crippen molar-refractivity contribution in [3.8, 4) is 6.07 Å². The highest BCUT2D eigenvalue weighted by atomic mass is 16.5. The van der Waals surface area contributed by atoms with Crippen molar-refractivity contribution in [2.24, 2.45) is 4.99 Å². The molecule has 0 aliphatic carbocycles. The monoisotopic (exact) mass is 251 g/mol. The van der Waals surface area contributed by atoms with E-state index in [-0.39, 0.29) is 6.61 Å². The first-order valence-electron chi connectivity index (χ1n) is 5.89. The summed E-state index contributed by atoms with van der Waals surface area (Å²) >= 11 is 0. The molecule has 0 saturated carbocycles. The number of carbonyl (C=O) groups excluding carboxylic acids is 1. The zero-order valence-electron chi connectivity index (χ0n) is 10.6. The molecule has 1 aliphatic heterocycles. The predicted molar refractivity (Wildman–Crippen MR) is 65.8 cm³/mol. The summed E-state index contributed by atoms with van der Waals surface area (Å²) in [5, 5.41) is 18.6. The summed E-state index contributed by atoms with van der Waals surface area (Å²) in [5.74, 6) is -0.740. The third-order valence-electron chi connectivity index (χ3n) is 2.63. The van der Waals surface area contributed by atoms with Gasteiger partial charge in [0.2, 0.25) is 5.88 Å². The van der Waals surface area contributed by atoms with E-state index in [1.165, 1.54) is 0 Å². The Morgan fingerprint density at radius 3 is 2.89 bits per heavy atom. The van der Waals surface area contributed by atoms with Crippen LogP contribution in [0.5, 0.6) is 0 Å². The summed E-state index contributed by atoms with van der Waals surface area (Å²) < 4.78 is 4.67. The molecule has 1 aliphatic rings. The van der Waals surface area contributed by atoms with Gasteiger partial charge in [0.25, 0.3) is 0 Å². The molecule has 1 rings (SSSR count). The van der Waals surface area contributed by atoms with Crippen LogP contribution in [0.4, 0.5) is 0 Å². The molecule has 1 heterocycles. The quantitative estimate of drug-likeness (QED) is 0.354. The lowest BCUT2D eigenvalue weighted by atomic mass is 10.1. The number of nitrogens with zero attached hydrogens (tertiary/aromatic N) is 3. The first-order valence-corrected chi connectivity index (χ1v) is 5.89. The van der Waals surface area contributed by atoms with Crippen LogP contribution in [0.15, 0.2) is 16.4 Å². The van der Waals surface area contributed by atoms with Crippen molar-refractivity contribution in [3.63, 3.8) is 0 Å². The highest BCUT2D eigenvalue weighted by Crippen LogP contribution is 2.13. The van der Waals surface area contributed by atoms with E-state index in [9.17, 15) is 9.90 Å². The highest BCUT2D eigenvalue weighted by molar-refractivity contribution is 5.94. The van der Waals surface area contributed by atoms with Crippen molar-refractivity contribution in [2.75, 3.05) is 20.2 Å². The second kappa shape index (κ2) is 6.64. The molecule has 0 aromatic rings. The third kappa shape index (κ3) is 3.48. The molecule has 0 unspecified atom stereocenters. The number of nitriles is 1. The SMILES string of the molecule is CCOC(=O)/C(C#N)=C(O)/N=C1\CCCCN1C. The number of esters is 1. The van der Waals surface area contributed by atoms with Crippen LogP contribution in [0.2, 0.25) is 0 Å². The maximum Gasteiger partial charge on any atom is 0.354 e. The van der Waals surface area contributed by atoms with Gasteiger partial charge < -0.3 is 14.7 Å². The molecule has 0 spiro atoms. The lowest BCUT2D eigenvalue weighted by molar-refractivity contribution is -0.138. The van der Waals surface area contributed by atoms with Crippen molar-refractivity contribution >= 4 is 11.8 Å². The minimum atomic E-state index is -0.847. The number of ether oxygens (including phenoxy) is 1. The Balaban J connectivity index is 2.95. The molecule has 0 aromatic heterocycles. The number of carbonyl (C=O) groups is 1. The number of aliphatic imine (C=N–C) groups is 1. The molecular weight excluding hydrogens is 234 g/mol. The van der Waals surface area contributed by atoms with Crippen LogP contribution in [0.3, 0.4) is 0 Å². The van der Waals surface area contributed by atoms with Crippen molar-refractivity contribution in [1.29, 1.82) is 5.26 Å². The van der Waals surface area contributed by atoms with Gasteiger partial charge in [0, 0.05) is 20.0 Å². The average molecular weight is 251 g/mol. The highest BCUT2D eigenvalue weighted by Gasteiger charge is 2.18. The molecule has 0 amide bonds. The van der Waals surface area contributed by atoms with Gasteiger partial charge in [-0.3, -0.25) is 0 Å². The molecule has 98 valence electrons. The number of likely N-dealkylation sites (tertiary alicyclic amines) is 1. The smallest absolute Gasteiger partial charge is 0.354 e. The van der Waals surface area contributed by atoms with Gasteiger partial charge in [0.1, 0.15) is 11.9 Å². The van der Waals surface area contributed by atoms with Crippen molar-refractivity contribution < 1.29 is 14.6 Å². The average Bonchev–Trinajstić information content (AvgIpc) is 2.33. The topological polar surface area (TPSA) is 85.9 Å². The first kappa shape index (κ1) is 14.0. The summed E-state index contributed by atoms with van der Waals surface area (Å²) in [6.45, 7) is 2.63. The fourth-order valence-corrected chi connectivity index (χ4v) is 1.66. The van der Waals surface area contributed by atoms with E-state index in [0.717, 1.165) is 25.8 Å². The van der Waals surface area contributed by atoms with E-state index in [0.29, 0.717) is 5.84 Å². The van der Waals surface area contributed by atoms with Gasteiger partial charge >= 0.3 is 5.97 Å². The summed E-state index contributed by atoms with van der Waals surface area (Å²) in [5.41, 5.74) is -0.455. The zero-order valence-corrected chi connectivity index (χ0v) is 10.6. The summed E-state index contributed by atoms with van der Waals surface area (Å²) in [7, 11) is 1.86. The largest absolute Gasteiger partial charge is 0.492 e. The molecular formula is C12H17N3O3. The van der Waals surface area contributed by atoms with E-state index in [2.05, 4.69) is 9.73 Å². The molecule has 1 fully saturated rings. The summed E-state index contributed by atoms with van der Waals surface area (Å²) in [4.78, 5) is 17.2. The van der Waals surface area contributed by atoms with E-state index in [1.54, 1.807) is 13.0 Å². The second-order valence-electron chi connectivity index (χ2n) is 3.94. The van der Waals surface area contributed by atoms with E-state index in [1.807, 2.05) is 11.9 Å². The molecule has 1 saturated heterocycles. The van der Waals surface area contributed by atoms with Crippen LogP contribution in [0, 0.1) is 11.3 Å². The standard InChI is InChI=1S/C12H17N3O3/c1-3-18-12(17)9(8-13)11(16)14-10-6-4-5-7-15(10)2/h16H,3-7H2,1-2H3/b11-9-,14-10+. The van der Waals surface area contributed by atoms with Crippen molar-refractivity contribution in [3.05, 3.63) is 11.5 Å². The van der Waals surface area contributed by atoms with Crippen LogP contribution >= 0.6 is 0 Å². The molecule has 6 heteroatoms. The first-order chi connectivity index (χ1) is 8.60. The molecule has 0 atom stereocenters. The van der Waals surface area contributed by atoms with Gasteiger partial charge in [0.05, 0.1) is 6.61 Å². The number of hydrogen-bond donors (Lipinski definition) is 1. The predicted octanol–water partition coefficient (Wildman–Crippen LogP) is 1.36. The summed E-state index contributed by atoms with van der Waals surface area (Å²) in [6, 6.07) is 1.62. The molecule has 0 radical (unpaired) electrons. The molecule has 0 bridgehead atoms. The minimum Gasteiger partial charge on any atom is -0.492 e. The Morgan fingerprint density at radius 1 is 1.61 bits per heavy atom. The number of hydrogen-bond acceptors (Lipinski definition) is 5. The van der Waals surface area contributed by atoms with Crippen LogP contribution in [0.1, 0.15) is 26.2 Å². The Hall–Kier alpha value is -2.03. The maximum atomic E-state index is 11.4. The lowest BCUT2D eigenvalue weighted by Crippen LogP contribution is -2.31. The minimum absolute atomic E-state index is 0.147. The fourth-order valence-electron chi connectivity index (χ4n) is 1.66. The van der Waals surface area contributed by atoms with Crippen LogP contribution in [-0.2, 0) is 9.53 Å². The van der Waals surface area contributed by atoms with Gasteiger partial charge in [-0.1, -0.05) is 0 Å². The van der Waals surface area contributed by atoms with Crippen LogP contribution < -0.4 is 0 Å².